The smallest absolute Gasteiger partial charge is 0.296 e. The van der Waals surface area contributed by atoms with E-state index in [2.05, 4.69) is 20.4 Å². The highest BCUT2D eigenvalue weighted by atomic mass is 35.7. The van der Waals surface area contributed by atoms with Gasteiger partial charge in [0.1, 0.15) is 0 Å². The summed E-state index contributed by atoms with van der Waals surface area (Å²) < 4.78 is 23.6. The molecule has 0 bridgehead atoms. The molecular weight excluding hydrogens is 254 g/mol. The Bertz CT molecular complexity index is 629. The molecule has 7 nitrogen and oxygen atoms in total. The normalized spacial score (nSPS) is 11.9. The lowest BCUT2D eigenvalue weighted by Crippen LogP contribution is -2.02. The Morgan fingerprint density at radius 3 is 2.56 bits per heavy atom. The van der Waals surface area contributed by atoms with Crippen molar-refractivity contribution in [1.82, 2.24) is 25.0 Å². The van der Waals surface area contributed by atoms with Crippen molar-refractivity contribution in [3.05, 3.63) is 11.9 Å². The second kappa shape index (κ2) is 3.56. The Hall–Kier alpha value is -1.41. The highest BCUT2D eigenvalue weighted by Crippen LogP contribution is 2.22. The minimum Gasteiger partial charge on any atom is -0.300 e. The van der Waals surface area contributed by atoms with Crippen LogP contribution < -0.4 is 0 Å². The van der Waals surface area contributed by atoms with Crippen LogP contribution in [0.1, 0.15) is 5.69 Å². The lowest BCUT2D eigenvalue weighted by atomic mass is 10.2. The first-order chi connectivity index (χ1) is 7.41. The van der Waals surface area contributed by atoms with E-state index in [1.54, 1.807) is 13.1 Å². The predicted octanol–water partition coefficient (Wildman–Crippen LogP) is 0.441. The van der Waals surface area contributed by atoms with E-state index in [9.17, 15) is 8.42 Å². The number of hydrogen-bond donors (Lipinski definition) is 1. The second-order valence-corrected chi connectivity index (χ2v) is 5.67. The van der Waals surface area contributed by atoms with Gasteiger partial charge in [-0.3, -0.25) is 9.67 Å². The van der Waals surface area contributed by atoms with Crippen LogP contribution in [-0.2, 0) is 16.1 Å². The Labute approximate surface area is 95.9 Å². The maximum absolute atomic E-state index is 11.1. The van der Waals surface area contributed by atoms with Gasteiger partial charge < -0.3 is 0 Å². The number of halogens is 1. The first kappa shape index (κ1) is 11.1. The molecule has 0 unspecified atom stereocenters. The molecule has 16 heavy (non-hydrogen) atoms. The molecule has 0 saturated carbocycles. The third-order valence-electron chi connectivity index (χ3n) is 2.12. The van der Waals surface area contributed by atoms with Crippen LogP contribution in [-0.4, -0.2) is 33.4 Å². The summed E-state index contributed by atoms with van der Waals surface area (Å²) in [7, 11) is 2.84. The molecule has 2 aromatic rings. The van der Waals surface area contributed by atoms with Crippen molar-refractivity contribution in [1.29, 1.82) is 0 Å². The van der Waals surface area contributed by atoms with Gasteiger partial charge in [-0.05, 0) is 6.92 Å². The molecule has 0 aliphatic rings. The molecule has 86 valence electrons. The van der Waals surface area contributed by atoms with E-state index in [0.29, 0.717) is 11.4 Å². The summed E-state index contributed by atoms with van der Waals surface area (Å²) in [5.74, 6) is 0.394. The molecule has 0 radical (unpaired) electrons. The van der Waals surface area contributed by atoms with Gasteiger partial charge in [0.05, 0.1) is 11.8 Å². The average molecular weight is 262 g/mol. The van der Waals surface area contributed by atoms with Gasteiger partial charge in [0.15, 0.2) is 5.82 Å². The van der Waals surface area contributed by atoms with Crippen LogP contribution in [0, 0.1) is 6.92 Å². The predicted molar refractivity (Wildman–Crippen MR) is 56.4 cm³/mol. The first-order valence-electron chi connectivity index (χ1n) is 4.25. The van der Waals surface area contributed by atoms with Gasteiger partial charge in [0.25, 0.3) is 14.2 Å². The molecule has 0 aliphatic carbocycles. The summed E-state index contributed by atoms with van der Waals surface area (Å²) in [6.45, 7) is 1.80. The minimum atomic E-state index is -3.89. The molecule has 0 fully saturated rings. The Kier molecular flexibility index (Phi) is 2.47. The topological polar surface area (TPSA) is 93.5 Å². The summed E-state index contributed by atoms with van der Waals surface area (Å²) in [6, 6.07) is 0. The van der Waals surface area contributed by atoms with Gasteiger partial charge in [-0.25, -0.2) is 8.42 Å². The summed E-state index contributed by atoms with van der Waals surface area (Å²) >= 11 is 0. The number of nitrogens with one attached hydrogen (secondary N) is 1. The van der Waals surface area contributed by atoms with Gasteiger partial charge in [0.2, 0.25) is 0 Å². The van der Waals surface area contributed by atoms with Gasteiger partial charge in [-0.15, -0.1) is 10.2 Å². The quantitative estimate of drug-likeness (QED) is 0.792. The molecule has 0 aromatic carbocycles. The Balaban J connectivity index is 2.63. The molecule has 0 spiro atoms. The van der Waals surface area contributed by atoms with Gasteiger partial charge in [-0.2, -0.15) is 5.10 Å². The zero-order chi connectivity index (χ0) is 11.9. The zero-order valence-corrected chi connectivity index (χ0v) is 10.0. The maximum atomic E-state index is 11.1. The number of rotatable bonds is 2. The third-order valence-corrected chi connectivity index (χ3v) is 3.33. The highest BCUT2D eigenvalue weighted by Gasteiger charge is 2.22. The summed E-state index contributed by atoms with van der Waals surface area (Å²) in [4.78, 5) is 0. The van der Waals surface area contributed by atoms with Crippen molar-refractivity contribution in [2.24, 2.45) is 7.05 Å². The van der Waals surface area contributed by atoms with Crippen molar-refractivity contribution in [3.8, 4) is 11.4 Å². The van der Waals surface area contributed by atoms with Crippen molar-refractivity contribution >= 4 is 19.7 Å². The third kappa shape index (κ3) is 1.69. The summed E-state index contributed by atoms with van der Waals surface area (Å²) in [6.07, 6.45) is 1.55. The molecule has 0 aliphatic heterocycles. The van der Waals surface area contributed by atoms with Crippen molar-refractivity contribution < 1.29 is 8.42 Å². The average Bonchev–Trinajstić information content (AvgIpc) is 2.70. The first-order valence-corrected chi connectivity index (χ1v) is 6.56. The van der Waals surface area contributed by atoms with Crippen molar-refractivity contribution in [2.45, 2.75) is 12.1 Å². The zero-order valence-electron chi connectivity index (χ0n) is 8.47. The van der Waals surface area contributed by atoms with E-state index in [-0.39, 0.29) is 5.16 Å². The number of aromatic amines is 1. The Morgan fingerprint density at radius 2 is 2.12 bits per heavy atom. The van der Waals surface area contributed by atoms with Crippen LogP contribution in [0.25, 0.3) is 11.4 Å². The fourth-order valence-electron chi connectivity index (χ4n) is 1.34. The van der Waals surface area contributed by atoms with E-state index >= 15 is 0 Å². The Morgan fingerprint density at radius 1 is 1.44 bits per heavy atom. The SMILES string of the molecule is Cc1[nH]ncc1-c1nnc(S(=O)(=O)Cl)n1C. The van der Waals surface area contributed by atoms with Crippen LogP contribution >= 0.6 is 10.7 Å². The summed E-state index contributed by atoms with van der Waals surface area (Å²) in [5.41, 5.74) is 1.45. The number of H-pyrrole nitrogens is 1. The molecule has 2 heterocycles. The second-order valence-electron chi connectivity index (χ2n) is 3.21. The minimum absolute atomic E-state index is 0.287. The van der Waals surface area contributed by atoms with Crippen molar-refractivity contribution in [3.63, 3.8) is 0 Å². The van der Waals surface area contributed by atoms with Crippen molar-refractivity contribution in [2.75, 3.05) is 0 Å². The molecule has 0 atom stereocenters. The van der Waals surface area contributed by atoms with E-state index in [1.165, 1.54) is 11.6 Å². The van der Waals surface area contributed by atoms with Gasteiger partial charge >= 0.3 is 0 Å². The molecule has 1 N–H and O–H groups in total. The van der Waals surface area contributed by atoms with Crippen LogP contribution in [0.5, 0.6) is 0 Å². The van der Waals surface area contributed by atoms with Gasteiger partial charge in [0, 0.05) is 23.4 Å². The molecule has 9 heteroatoms. The summed E-state index contributed by atoms with van der Waals surface area (Å²) in [5, 5.41) is 13.6. The molecule has 2 aromatic heterocycles. The lowest BCUT2D eigenvalue weighted by molar-refractivity contribution is 0.593. The van der Waals surface area contributed by atoms with Crippen LogP contribution in [0.2, 0.25) is 0 Å². The number of aryl methyl sites for hydroxylation is 1. The van der Waals surface area contributed by atoms with E-state index < -0.39 is 9.05 Å². The van der Waals surface area contributed by atoms with Crippen LogP contribution in [0.3, 0.4) is 0 Å². The number of nitrogens with zero attached hydrogens (tertiary/aromatic N) is 4. The van der Waals surface area contributed by atoms with E-state index in [0.717, 1.165) is 5.69 Å². The molecule has 2 rings (SSSR count). The van der Waals surface area contributed by atoms with E-state index in [1.807, 2.05) is 0 Å². The molecule has 0 amide bonds. The fraction of sp³-hybridized carbons (Fsp3) is 0.286. The molecule has 0 saturated heterocycles. The number of aromatic nitrogens is 5. The molecular formula is C7H8ClN5O2S. The lowest BCUT2D eigenvalue weighted by Gasteiger charge is -1.99. The standard InChI is InChI=1S/C7H8ClN5O2S/c1-4-5(3-9-10-4)6-11-12-7(13(6)2)16(8,14)15/h3H,1-2H3,(H,9,10). The monoisotopic (exact) mass is 261 g/mol. The number of hydrogen-bond acceptors (Lipinski definition) is 5. The fourth-order valence-corrected chi connectivity index (χ4v) is 2.29. The van der Waals surface area contributed by atoms with Crippen LogP contribution in [0.15, 0.2) is 11.4 Å². The van der Waals surface area contributed by atoms with E-state index in [4.69, 9.17) is 10.7 Å². The van der Waals surface area contributed by atoms with Crippen LogP contribution in [0.4, 0.5) is 0 Å². The highest BCUT2D eigenvalue weighted by molar-refractivity contribution is 8.13. The van der Waals surface area contributed by atoms with Gasteiger partial charge in [-0.1, -0.05) is 0 Å². The maximum Gasteiger partial charge on any atom is 0.296 e. The largest absolute Gasteiger partial charge is 0.300 e.